The molecule has 0 radical (unpaired) electrons. The number of rotatable bonds is 6. The fraction of sp³-hybridized carbons (Fsp3) is 0.348. The summed E-state index contributed by atoms with van der Waals surface area (Å²) in [6.45, 7) is 0. The van der Waals surface area contributed by atoms with Crippen LogP contribution >= 0.6 is 0 Å². The number of carbonyl (C=O) groups is 2. The van der Waals surface area contributed by atoms with Crippen molar-refractivity contribution < 1.29 is 14.0 Å². The highest BCUT2D eigenvalue weighted by molar-refractivity contribution is 5.95. The van der Waals surface area contributed by atoms with Crippen molar-refractivity contribution in [1.82, 2.24) is 9.97 Å². The van der Waals surface area contributed by atoms with Crippen LogP contribution in [-0.2, 0) is 16.0 Å². The Kier molecular flexibility index (Phi) is 6.07. The Balaban J connectivity index is 1.34. The maximum atomic E-state index is 14.2. The van der Waals surface area contributed by atoms with E-state index in [-0.39, 0.29) is 29.8 Å². The number of aromatic amines is 1. The first kappa shape index (κ1) is 20.1. The number of nitrogens with one attached hydrogen (secondary N) is 3. The first-order valence-corrected chi connectivity index (χ1v) is 10.4. The van der Waals surface area contributed by atoms with Gasteiger partial charge in [-0.1, -0.05) is 31.4 Å². The van der Waals surface area contributed by atoms with E-state index < -0.39 is 5.82 Å². The minimum absolute atomic E-state index is 0.0693. The molecular formula is C23H25FN4O2. The zero-order valence-corrected chi connectivity index (χ0v) is 16.7. The minimum atomic E-state index is -0.514. The molecule has 1 aliphatic carbocycles. The molecular weight excluding hydrogens is 383 g/mol. The monoisotopic (exact) mass is 408 g/mol. The SMILES string of the molecule is O=C(CCc1nc2ccccc2[nH]1)Nc1ccc(F)c(NC(=O)C2CCCCC2)c1. The molecule has 30 heavy (non-hydrogen) atoms. The fourth-order valence-corrected chi connectivity index (χ4v) is 3.88. The number of imidazole rings is 1. The van der Waals surface area contributed by atoms with E-state index in [0.29, 0.717) is 12.1 Å². The molecule has 0 bridgehead atoms. The van der Waals surface area contributed by atoms with E-state index in [4.69, 9.17) is 0 Å². The molecule has 1 aromatic heterocycles. The van der Waals surface area contributed by atoms with Crippen molar-refractivity contribution in [3.8, 4) is 0 Å². The molecule has 2 aromatic carbocycles. The normalized spacial score (nSPS) is 14.6. The molecule has 6 nitrogen and oxygen atoms in total. The molecule has 1 heterocycles. The predicted molar refractivity (Wildman–Crippen MR) is 115 cm³/mol. The standard InChI is InChI=1S/C23H25FN4O2/c24-17-11-10-16(14-20(17)28-23(30)15-6-2-1-3-7-15)25-22(29)13-12-21-26-18-8-4-5-9-19(18)27-21/h4-5,8-11,14-15H,1-3,6-7,12-13H2,(H,25,29)(H,26,27)(H,28,30). The van der Waals surface area contributed by atoms with E-state index in [0.717, 1.165) is 49.0 Å². The maximum absolute atomic E-state index is 14.2. The maximum Gasteiger partial charge on any atom is 0.227 e. The third kappa shape index (κ3) is 4.84. The van der Waals surface area contributed by atoms with Crippen LogP contribution in [0.15, 0.2) is 42.5 Å². The number of para-hydroxylation sites is 2. The average Bonchev–Trinajstić information content (AvgIpc) is 3.18. The molecule has 0 unspecified atom stereocenters. The summed E-state index contributed by atoms with van der Waals surface area (Å²) in [5.74, 6) is -0.195. The van der Waals surface area contributed by atoms with Gasteiger partial charge in [0, 0.05) is 24.4 Å². The number of anilines is 2. The van der Waals surface area contributed by atoms with Gasteiger partial charge in [-0.15, -0.1) is 0 Å². The lowest BCUT2D eigenvalue weighted by Crippen LogP contribution is -2.25. The number of fused-ring (bicyclic) bond motifs is 1. The third-order valence-corrected chi connectivity index (χ3v) is 5.51. The Morgan fingerprint density at radius 2 is 1.87 bits per heavy atom. The summed E-state index contributed by atoms with van der Waals surface area (Å²) in [5.41, 5.74) is 2.35. The Morgan fingerprint density at radius 3 is 2.67 bits per heavy atom. The van der Waals surface area contributed by atoms with Crippen LogP contribution in [0.2, 0.25) is 0 Å². The number of carbonyl (C=O) groups excluding carboxylic acids is 2. The van der Waals surface area contributed by atoms with Crippen LogP contribution in [0, 0.1) is 11.7 Å². The van der Waals surface area contributed by atoms with E-state index >= 15 is 0 Å². The van der Waals surface area contributed by atoms with E-state index in [1.165, 1.54) is 18.2 Å². The number of H-pyrrole nitrogens is 1. The zero-order valence-electron chi connectivity index (χ0n) is 16.7. The van der Waals surface area contributed by atoms with Crippen molar-refractivity contribution in [2.75, 3.05) is 10.6 Å². The van der Waals surface area contributed by atoms with Gasteiger partial charge >= 0.3 is 0 Å². The van der Waals surface area contributed by atoms with Crippen molar-refractivity contribution in [2.45, 2.75) is 44.9 Å². The van der Waals surface area contributed by atoms with Crippen LogP contribution in [0.1, 0.15) is 44.3 Å². The summed E-state index contributed by atoms with van der Waals surface area (Å²) < 4.78 is 14.2. The van der Waals surface area contributed by atoms with E-state index in [2.05, 4.69) is 20.6 Å². The number of aromatic nitrogens is 2. The van der Waals surface area contributed by atoms with Crippen molar-refractivity contribution in [3.63, 3.8) is 0 Å². The smallest absolute Gasteiger partial charge is 0.227 e. The van der Waals surface area contributed by atoms with Gasteiger partial charge in [-0.25, -0.2) is 9.37 Å². The highest BCUT2D eigenvalue weighted by Gasteiger charge is 2.22. The van der Waals surface area contributed by atoms with Crippen LogP contribution < -0.4 is 10.6 Å². The van der Waals surface area contributed by atoms with Gasteiger partial charge < -0.3 is 15.6 Å². The molecule has 0 atom stereocenters. The quantitative estimate of drug-likeness (QED) is 0.548. The van der Waals surface area contributed by atoms with Gasteiger partial charge in [-0.3, -0.25) is 9.59 Å². The number of amides is 2. The van der Waals surface area contributed by atoms with Gasteiger partial charge in [-0.2, -0.15) is 0 Å². The largest absolute Gasteiger partial charge is 0.342 e. The molecule has 156 valence electrons. The molecule has 2 amide bonds. The summed E-state index contributed by atoms with van der Waals surface area (Å²) in [6.07, 6.45) is 5.59. The second kappa shape index (κ2) is 9.07. The van der Waals surface area contributed by atoms with Gasteiger partial charge in [0.05, 0.1) is 16.7 Å². The molecule has 4 rings (SSSR count). The predicted octanol–water partition coefficient (Wildman–Crippen LogP) is 4.79. The molecule has 1 aliphatic rings. The summed E-state index contributed by atoms with van der Waals surface area (Å²) in [7, 11) is 0. The molecule has 0 saturated heterocycles. The van der Waals surface area contributed by atoms with Crippen LogP contribution in [-0.4, -0.2) is 21.8 Å². The van der Waals surface area contributed by atoms with Crippen molar-refractivity contribution in [1.29, 1.82) is 0 Å². The van der Waals surface area contributed by atoms with E-state index in [9.17, 15) is 14.0 Å². The van der Waals surface area contributed by atoms with Crippen molar-refractivity contribution in [3.05, 3.63) is 54.1 Å². The van der Waals surface area contributed by atoms with Gasteiger partial charge in [0.1, 0.15) is 11.6 Å². The first-order valence-electron chi connectivity index (χ1n) is 10.4. The molecule has 7 heteroatoms. The molecule has 1 fully saturated rings. The number of benzene rings is 2. The highest BCUT2D eigenvalue weighted by atomic mass is 19.1. The van der Waals surface area contributed by atoms with Crippen molar-refractivity contribution in [2.24, 2.45) is 5.92 Å². The lowest BCUT2D eigenvalue weighted by Gasteiger charge is -2.21. The third-order valence-electron chi connectivity index (χ3n) is 5.51. The van der Waals surface area contributed by atoms with Gasteiger partial charge in [-0.05, 0) is 43.2 Å². The van der Waals surface area contributed by atoms with Crippen LogP contribution in [0.4, 0.5) is 15.8 Å². The second-order valence-corrected chi connectivity index (χ2v) is 7.77. The fourth-order valence-electron chi connectivity index (χ4n) is 3.88. The van der Waals surface area contributed by atoms with Gasteiger partial charge in [0.2, 0.25) is 11.8 Å². The molecule has 0 spiro atoms. The molecule has 0 aliphatic heterocycles. The van der Waals surface area contributed by atoms with E-state index in [1.54, 1.807) is 0 Å². The van der Waals surface area contributed by atoms with Crippen LogP contribution in [0.5, 0.6) is 0 Å². The number of aryl methyl sites for hydroxylation is 1. The summed E-state index contributed by atoms with van der Waals surface area (Å²) in [6, 6.07) is 11.9. The molecule has 3 N–H and O–H groups in total. The minimum Gasteiger partial charge on any atom is -0.342 e. The molecule has 3 aromatic rings. The highest BCUT2D eigenvalue weighted by Crippen LogP contribution is 2.26. The van der Waals surface area contributed by atoms with Gasteiger partial charge in [0.15, 0.2) is 0 Å². The summed E-state index contributed by atoms with van der Waals surface area (Å²) in [4.78, 5) is 32.4. The Morgan fingerprint density at radius 1 is 1.07 bits per heavy atom. The number of halogens is 1. The zero-order chi connectivity index (χ0) is 20.9. The lowest BCUT2D eigenvalue weighted by molar-refractivity contribution is -0.120. The molecule has 1 saturated carbocycles. The summed E-state index contributed by atoms with van der Waals surface area (Å²) >= 11 is 0. The van der Waals surface area contributed by atoms with Crippen LogP contribution in [0.25, 0.3) is 11.0 Å². The lowest BCUT2D eigenvalue weighted by atomic mass is 9.88. The van der Waals surface area contributed by atoms with Crippen molar-refractivity contribution >= 4 is 34.2 Å². The van der Waals surface area contributed by atoms with Gasteiger partial charge in [0.25, 0.3) is 0 Å². The topological polar surface area (TPSA) is 86.9 Å². The number of hydrogen-bond donors (Lipinski definition) is 3. The van der Waals surface area contributed by atoms with E-state index in [1.807, 2.05) is 24.3 Å². The Bertz CT molecular complexity index is 1020. The second-order valence-electron chi connectivity index (χ2n) is 7.77. The first-order chi connectivity index (χ1) is 14.6. The Labute approximate surface area is 174 Å². The summed E-state index contributed by atoms with van der Waals surface area (Å²) in [5, 5.41) is 5.45. The average molecular weight is 408 g/mol. The Hall–Kier alpha value is -3.22. The van der Waals surface area contributed by atoms with Crippen LogP contribution in [0.3, 0.4) is 0 Å². The number of hydrogen-bond acceptors (Lipinski definition) is 3. The number of nitrogens with zero attached hydrogens (tertiary/aromatic N) is 1.